The average molecular weight is 495 g/mol. The van der Waals surface area contributed by atoms with E-state index < -0.39 is 0 Å². The summed E-state index contributed by atoms with van der Waals surface area (Å²) in [6.45, 7) is 5.65. The molecule has 0 aromatic heterocycles. The molecule has 4 rings (SSSR count). The van der Waals surface area contributed by atoms with Crippen LogP contribution >= 0.6 is 27.7 Å². The molecule has 1 amide bonds. The number of carbonyl (C=O) groups is 1. The van der Waals surface area contributed by atoms with E-state index in [4.69, 9.17) is 4.74 Å². The first-order chi connectivity index (χ1) is 15.1. The molecule has 158 valence electrons. The molecule has 0 bridgehead atoms. The summed E-state index contributed by atoms with van der Waals surface area (Å²) in [5, 5.41) is 2.93. The van der Waals surface area contributed by atoms with Gasteiger partial charge >= 0.3 is 0 Å². The van der Waals surface area contributed by atoms with E-state index in [9.17, 15) is 4.79 Å². The summed E-state index contributed by atoms with van der Waals surface area (Å²) in [5.74, 6) is 0.748. The van der Waals surface area contributed by atoms with Crippen LogP contribution in [-0.4, -0.2) is 29.1 Å². The zero-order valence-corrected chi connectivity index (χ0v) is 19.9. The second kappa shape index (κ2) is 9.71. The van der Waals surface area contributed by atoms with Crippen molar-refractivity contribution in [2.24, 2.45) is 4.99 Å². The van der Waals surface area contributed by atoms with Crippen molar-refractivity contribution in [1.82, 2.24) is 4.90 Å². The Labute approximate surface area is 195 Å². The Morgan fingerprint density at radius 2 is 1.84 bits per heavy atom. The molecule has 0 spiro atoms. The van der Waals surface area contributed by atoms with Crippen molar-refractivity contribution >= 4 is 55.6 Å². The van der Waals surface area contributed by atoms with Crippen LogP contribution in [0.2, 0.25) is 0 Å². The summed E-state index contributed by atoms with van der Waals surface area (Å²) in [5.41, 5.74) is 2.00. The lowest BCUT2D eigenvalue weighted by atomic mass is 10.0. The molecule has 0 saturated carbocycles. The minimum atomic E-state index is -0.00788. The van der Waals surface area contributed by atoms with Crippen LogP contribution in [0.3, 0.4) is 0 Å². The van der Waals surface area contributed by atoms with Crippen molar-refractivity contribution in [2.45, 2.75) is 20.5 Å². The van der Waals surface area contributed by atoms with Gasteiger partial charge in [0.05, 0.1) is 4.91 Å². The minimum absolute atomic E-state index is 0.00788. The highest BCUT2D eigenvalue weighted by molar-refractivity contribution is 9.10. The van der Waals surface area contributed by atoms with Gasteiger partial charge in [-0.2, -0.15) is 0 Å². The zero-order chi connectivity index (χ0) is 21.8. The molecule has 0 aliphatic carbocycles. The summed E-state index contributed by atoms with van der Waals surface area (Å²) < 4.78 is 7.26. The SMILES string of the molecule is CCN=C1S/C(=C\c2c(OCc3ccc(Br)cc3)ccc3ccccc23)C(=O)N1CC. The predicted octanol–water partition coefficient (Wildman–Crippen LogP) is 6.49. The van der Waals surface area contributed by atoms with Crippen LogP contribution < -0.4 is 4.74 Å². The maximum Gasteiger partial charge on any atom is 0.266 e. The summed E-state index contributed by atoms with van der Waals surface area (Å²) in [4.78, 5) is 19.9. The fourth-order valence-electron chi connectivity index (χ4n) is 3.46. The van der Waals surface area contributed by atoms with E-state index in [1.165, 1.54) is 11.8 Å². The van der Waals surface area contributed by atoms with Gasteiger partial charge in [0.1, 0.15) is 12.4 Å². The van der Waals surface area contributed by atoms with Gasteiger partial charge in [0.25, 0.3) is 5.91 Å². The van der Waals surface area contributed by atoms with Gasteiger partial charge in [0, 0.05) is 23.1 Å². The molecule has 1 aliphatic heterocycles. The monoisotopic (exact) mass is 494 g/mol. The number of hydrogen-bond donors (Lipinski definition) is 0. The van der Waals surface area contributed by atoms with Crippen molar-refractivity contribution in [3.05, 3.63) is 81.2 Å². The topological polar surface area (TPSA) is 41.9 Å². The lowest BCUT2D eigenvalue weighted by molar-refractivity contribution is -0.122. The molecule has 3 aromatic rings. The van der Waals surface area contributed by atoms with Gasteiger partial charge in [0.15, 0.2) is 5.17 Å². The van der Waals surface area contributed by atoms with E-state index in [1.807, 2.05) is 62.4 Å². The number of nitrogens with zero attached hydrogens (tertiary/aromatic N) is 2. The molecule has 0 radical (unpaired) electrons. The number of amidine groups is 1. The first kappa shape index (κ1) is 21.7. The molecule has 1 heterocycles. The molecular formula is C25H23BrN2O2S. The Kier molecular flexibility index (Phi) is 6.78. The van der Waals surface area contributed by atoms with Gasteiger partial charge in [-0.25, -0.2) is 0 Å². The van der Waals surface area contributed by atoms with Gasteiger partial charge in [-0.15, -0.1) is 0 Å². The second-order valence-corrected chi connectivity index (χ2v) is 8.96. The van der Waals surface area contributed by atoms with Crippen LogP contribution in [0.4, 0.5) is 0 Å². The number of likely N-dealkylation sites (N-methyl/N-ethyl adjacent to an activating group) is 1. The number of aliphatic imine (C=N–C) groups is 1. The third-order valence-electron chi connectivity index (χ3n) is 5.01. The Hall–Kier alpha value is -2.57. The van der Waals surface area contributed by atoms with Gasteiger partial charge in [-0.05, 0) is 66.2 Å². The molecule has 0 atom stereocenters. The maximum absolute atomic E-state index is 13.0. The Morgan fingerprint density at radius 3 is 2.58 bits per heavy atom. The van der Waals surface area contributed by atoms with Crippen LogP contribution in [0.1, 0.15) is 25.0 Å². The molecule has 31 heavy (non-hydrogen) atoms. The second-order valence-electron chi connectivity index (χ2n) is 7.03. The fraction of sp³-hybridized carbons (Fsp3) is 0.200. The van der Waals surface area contributed by atoms with E-state index in [0.717, 1.165) is 37.3 Å². The zero-order valence-electron chi connectivity index (χ0n) is 17.5. The summed E-state index contributed by atoms with van der Waals surface area (Å²) >= 11 is 4.90. The summed E-state index contributed by atoms with van der Waals surface area (Å²) in [7, 11) is 0. The summed E-state index contributed by atoms with van der Waals surface area (Å²) in [6, 6.07) is 20.3. The molecular weight excluding hydrogens is 472 g/mol. The van der Waals surface area contributed by atoms with Gasteiger partial charge in [-0.3, -0.25) is 14.7 Å². The van der Waals surface area contributed by atoms with Gasteiger partial charge in [-0.1, -0.05) is 58.4 Å². The van der Waals surface area contributed by atoms with Crippen LogP contribution in [-0.2, 0) is 11.4 Å². The summed E-state index contributed by atoms with van der Waals surface area (Å²) in [6.07, 6.45) is 1.95. The fourth-order valence-corrected chi connectivity index (χ4v) is 4.81. The lowest BCUT2D eigenvalue weighted by Crippen LogP contribution is -2.28. The first-order valence-electron chi connectivity index (χ1n) is 10.3. The molecule has 4 nitrogen and oxygen atoms in total. The van der Waals surface area contributed by atoms with Crippen LogP contribution in [0.25, 0.3) is 16.8 Å². The van der Waals surface area contributed by atoms with E-state index in [0.29, 0.717) is 24.6 Å². The molecule has 6 heteroatoms. The van der Waals surface area contributed by atoms with E-state index >= 15 is 0 Å². The molecule has 1 aliphatic rings. The number of ether oxygens (including phenoxy) is 1. The molecule has 1 saturated heterocycles. The Balaban J connectivity index is 1.74. The highest BCUT2D eigenvalue weighted by atomic mass is 79.9. The van der Waals surface area contributed by atoms with Crippen LogP contribution in [0.5, 0.6) is 5.75 Å². The molecule has 0 unspecified atom stereocenters. The number of carbonyl (C=O) groups excluding carboxylic acids is 1. The van der Waals surface area contributed by atoms with Crippen LogP contribution in [0.15, 0.2) is 75.0 Å². The Bertz CT molecular complexity index is 1170. The number of fused-ring (bicyclic) bond motifs is 1. The average Bonchev–Trinajstić information content (AvgIpc) is 3.08. The smallest absolute Gasteiger partial charge is 0.266 e. The number of hydrogen-bond acceptors (Lipinski definition) is 4. The first-order valence-corrected chi connectivity index (χ1v) is 11.9. The van der Waals surface area contributed by atoms with Crippen molar-refractivity contribution in [1.29, 1.82) is 0 Å². The molecule has 1 fully saturated rings. The van der Waals surface area contributed by atoms with Gasteiger partial charge < -0.3 is 4.74 Å². The lowest BCUT2D eigenvalue weighted by Gasteiger charge is -2.13. The third-order valence-corrected chi connectivity index (χ3v) is 6.58. The molecule has 3 aromatic carbocycles. The highest BCUT2D eigenvalue weighted by Crippen LogP contribution is 2.37. The Morgan fingerprint density at radius 1 is 1.06 bits per heavy atom. The van der Waals surface area contributed by atoms with Crippen molar-refractivity contribution < 1.29 is 9.53 Å². The van der Waals surface area contributed by atoms with Crippen LogP contribution in [0, 0.1) is 0 Å². The quantitative estimate of drug-likeness (QED) is 0.367. The van der Waals surface area contributed by atoms with Gasteiger partial charge in [0.2, 0.25) is 0 Å². The number of amides is 1. The highest BCUT2D eigenvalue weighted by Gasteiger charge is 2.32. The molecule has 0 N–H and O–H groups in total. The maximum atomic E-state index is 13.0. The normalized spacial score (nSPS) is 16.6. The third kappa shape index (κ3) is 4.70. The number of benzene rings is 3. The minimum Gasteiger partial charge on any atom is -0.488 e. The van der Waals surface area contributed by atoms with E-state index in [-0.39, 0.29) is 5.91 Å². The number of thioether (sulfide) groups is 1. The predicted molar refractivity (Wildman–Crippen MR) is 133 cm³/mol. The van der Waals surface area contributed by atoms with E-state index in [2.05, 4.69) is 39.1 Å². The van der Waals surface area contributed by atoms with E-state index in [1.54, 1.807) is 4.90 Å². The van der Waals surface area contributed by atoms with Crippen molar-refractivity contribution in [3.63, 3.8) is 0 Å². The number of rotatable bonds is 6. The largest absolute Gasteiger partial charge is 0.488 e. The van der Waals surface area contributed by atoms with Crippen molar-refractivity contribution in [3.8, 4) is 5.75 Å². The standard InChI is InChI=1S/C25H23BrN2O2S/c1-3-27-25-28(4-2)24(29)23(31-25)15-21-20-8-6-5-7-18(20)11-14-22(21)30-16-17-9-12-19(26)13-10-17/h5-15H,3-4,16H2,1-2H3/b23-15-,27-25?. The number of halogens is 1. The van der Waals surface area contributed by atoms with Crippen molar-refractivity contribution in [2.75, 3.05) is 13.1 Å².